The summed E-state index contributed by atoms with van der Waals surface area (Å²) in [6.45, 7) is 5.54. The molecule has 0 aliphatic heterocycles. The Labute approximate surface area is 216 Å². The zero-order chi connectivity index (χ0) is 27.4. The number of ketones is 2. The van der Waals surface area contributed by atoms with E-state index in [1.54, 1.807) is 25.1 Å². The van der Waals surface area contributed by atoms with Crippen LogP contribution >= 0.6 is 0 Å². The predicted molar refractivity (Wildman–Crippen MR) is 135 cm³/mol. The molecule has 7 N–H and O–H groups in total. The smallest absolute Gasteiger partial charge is 0.230 e. The molecule has 3 unspecified atom stereocenters. The number of amides is 1. The molecule has 1 aromatic carbocycles. The molecule has 7 atom stereocenters. The molecule has 10 heteroatoms. The van der Waals surface area contributed by atoms with Gasteiger partial charge in [0.2, 0.25) is 11.7 Å². The Bertz CT molecular complexity index is 1160. The first-order valence-electron chi connectivity index (χ1n) is 12.8. The number of aromatic hydroxyl groups is 1. The van der Waals surface area contributed by atoms with Crippen LogP contribution in [-0.2, 0) is 27.3 Å². The molecule has 0 aromatic heterocycles. The fourth-order valence-electron chi connectivity index (χ4n) is 6.43. The Morgan fingerprint density at radius 1 is 1.27 bits per heavy atom. The van der Waals surface area contributed by atoms with Crippen LogP contribution < -0.4 is 11.1 Å². The van der Waals surface area contributed by atoms with E-state index in [2.05, 4.69) is 19.2 Å². The number of benzene rings is 1. The Morgan fingerprint density at radius 2 is 1.95 bits per heavy atom. The van der Waals surface area contributed by atoms with E-state index in [1.807, 2.05) is 0 Å². The maximum absolute atomic E-state index is 13.8. The molecule has 0 radical (unpaired) electrons. The lowest BCUT2D eigenvalue weighted by Crippen LogP contribution is -2.73. The number of fused-ring (bicyclic) bond motifs is 3. The van der Waals surface area contributed by atoms with Crippen LogP contribution in [0.25, 0.3) is 5.76 Å². The number of hydrogen-bond donors (Lipinski definition) is 6. The summed E-state index contributed by atoms with van der Waals surface area (Å²) in [7, 11) is 3.26. The topological polar surface area (TPSA) is 173 Å². The number of nitrogens with two attached hydrogens (primary N) is 1. The molecule has 4 rings (SSSR count). The molecular formula is C27H37N3O7. The summed E-state index contributed by atoms with van der Waals surface area (Å²) in [5.41, 5.74) is 4.29. The van der Waals surface area contributed by atoms with Gasteiger partial charge in [-0.15, -0.1) is 0 Å². The SMILES string of the molecule is CCC(C)CNCc1ccc(O)c2c1C[C@H]1C[C@H]3[C@H](N(C)C)C(O)C(C(N)=O)C(=O)[C@@]3(O)C(=O)C1=C2O. The second-order valence-electron chi connectivity index (χ2n) is 11.0. The number of likely N-dealkylation sites (N-methyl/N-ethyl adjacent to an activating group) is 1. The van der Waals surface area contributed by atoms with E-state index in [1.165, 1.54) is 6.07 Å². The van der Waals surface area contributed by atoms with E-state index in [-0.39, 0.29) is 23.3 Å². The van der Waals surface area contributed by atoms with Crippen LogP contribution in [0, 0.1) is 23.7 Å². The van der Waals surface area contributed by atoms with Gasteiger partial charge in [-0.05, 0) is 62.5 Å². The standard InChI is InChI=1S/C27H37N3O7/c1-5-12(2)10-29-11-13-6-7-17(31)19-15(13)8-14-9-16-21(30(3)4)23(33)20(26(28)36)25(35)27(16,37)24(34)18(14)22(19)32/h6-7,12,14,16,20-21,23,29,31-33,37H,5,8-11H2,1-4H3,(H2,28,36)/t12?,14-,16-,20?,21-,23?,27-/m0/s1. The highest BCUT2D eigenvalue weighted by Crippen LogP contribution is 2.52. The summed E-state index contributed by atoms with van der Waals surface area (Å²) in [6.07, 6.45) is -0.0764. The van der Waals surface area contributed by atoms with Crippen molar-refractivity contribution in [2.75, 3.05) is 20.6 Å². The van der Waals surface area contributed by atoms with E-state index in [4.69, 9.17) is 5.73 Å². The first-order chi connectivity index (χ1) is 17.4. The molecule has 3 aliphatic carbocycles. The maximum atomic E-state index is 13.8. The average Bonchev–Trinajstić information content (AvgIpc) is 2.82. The van der Waals surface area contributed by atoms with E-state index in [0.29, 0.717) is 24.4 Å². The average molecular weight is 516 g/mol. The number of aliphatic hydroxyl groups excluding tert-OH is 2. The number of rotatable bonds is 7. The van der Waals surface area contributed by atoms with Crippen molar-refractivity contribution in [3.8, 4) is 5.75 Å². The van der Waals surface area contributed by atoms with E-state index < -0.39 is 58.7 Å². The van der Waals surface area contributed by atoms with Gasteiger partial charge in [0.05, 0.1) is 11.7 Å². The van der Waals surface area contributed by atoms with Crippen LogP contribution in [0.2, 0.25) is 0 Å². The number of phenols is 1. The van der Waals surface area contributed by atoms with E-state index >= 15 is 0 Å². The Balaban J connectivity index is 1.81. The minimum Gasteiger partial charge on any atom is -0.507 e. The van der Waals surface area contributed by atoms with Crippen LogP contribution in [0.1, 0.15) is 43.4 Å². The van der Waals surface area contributed by atoms with Gasteiger partial charge in [0.25, 0.3) is 0 Å². The third-order valence-electron chi connectivity index (χ3n) is 8.57. The largest absolute Gasteiger partial charge is 0.507 e. The van der Waals surface area contributed by atoms with Crippen LogP contribution in [0.5, 0.6) is 5.75 Å². The van der Waals surface area contributed by atoms with Gasteiger partial charge in [0.1, 0.15) is 17.4 Å². The zero-order valence-corrected chi connectivity index (χ0v) is 21.7. The summed E-state index contributed by atoms with van der Waals surface area (Å²) < 4.78 is 0. The number of phenolic OH excluding ortho intramolecular Hbond substituents is 1. The van der Waals surface area contributed by atoms with Gasteiger partial charge in [-0.1, -0.05) is 26.3 Å². The molecule has 0 spiro atoms. The Morgan fingerprint density at radius 3 is 2.54 bits per heavy atom. The van der Waals surface area contributed by atoms with Gasteiger partial charge in [0.15, 0.2) is 11.4 Å². The molecule has 0 bridgehead atoms. The predicted octanol–water partition coefficient (Wildman–Crippen LogP) is 0.265. The summed E-state index contributed by atoms with van der Waals surface area (Å²) in [5.74, 6) is -6.87. The van der Waals surface area contributed by atoms with E-state index in [9.17, 15) is 34.8 Å². The molecule has 202 valence electrons. The van der Waals surface area contributed by atoms with Crippen molar-refractivity contribution < 1.29 is 34.8 Å². The third kappa shape index (κ3) is 4.16. The second kappa shape index (κ2) is 9.83. The van der Waals surface area contributed by atoms with Crippen LogP contribution in [0.4, 0.5) is 0 Å². The minimum atomic E-state index is -2.64. The van der Waals surface area contributed by atoms with Gasteiger partial charge in [-0.3, -0.25) is 14.4 Å². The van der Waals surface area contributed by atoms with Crippen molar-refractivity contribution in [2.45, 2.75) is 57.4 Å². The fourth-order valence-corrected chi connectivity index (χ4v) is 6.43. The fraction of sp³-hybridized carbons (Fsp3) is 0.593. The summed E-state index contributed by atoms with van der Waals surface area (Å²) in [6, 6.07) is 2.33. The normalized spacial score (nSPS) is 32.1. The van der Waals surface area contributed by atoms with Crippen molar-refractivity contribution in [3.63, 3.8) is 0 Å². The van der Waals surface area contributed by atoms with Crippen LogP contribution in [0.3, 0.4) is 0 Å². The molecule has 1 amide bonds. The third-order valence-corrected chi connectivity index (χ3v) is 8.57. The number of Topliss-reactive ketones (excluding diaryl/α,β-unsaturated/α-hetero) is 2. The second-order valence-corrected chi connectivity index (χ2v) is 11.0. The minimum absolute atomic E-state index is 0.105. The van der Waals surface area contributed by atoms with E-state index in [0.717, 1.165) is 18.5 Å². The molecule has 3 aliphatic rings. The van der Waals surface area contributed by atoms with Gasteiger partial charge in [0, 0.05) is 24.1 Å². The maximum Gasteiger partial charge on any atom is 0.230 e. The lowest BCUT2D eigenvalue weighted by molar-refractivity contribution is -0.184. The lowest BCUT2D eigenvalue weighted by atomic mass is 9.54. The highest BCUT2D eigenvalue weighted by Gasteiger charge is 2.67. The summed E-state index contributed by atoms with van der Waals surface area (Å²) >= 11 is 0. The van der Waals surface area contributed by atoms with Crippen molar-refractivity contribution in [3.05, 3.63) is 34.4 Å². The first-order valence-corrected chi connectivity index (χ1v) is 12.8. The Kier molecular flexibility index (Phi) is 7.24. The number of nitrogens with zero attached hydrogens (tertiary/aromatic N) is 1. The summed E-state index contributed by atoms with van der Waals surface area (Å²) in [4.78, 5) is 40.9. The molecule has 0 heterocycles. The molecular weight excluding hydrogens is 478 g/mol. The molecule has 2 fully saturated rings. The number of primary amides is 1. The lowest BCUT2D eigenvalue weighted by Gasteiger charge is -2.53. The summed E-state index contributed by atoms with van der Waals surface area (Å²) in [5, 5.41) is 47.9. The number of aliphatic hydroxyl groups is 3. The van der Waals surface area contributed by atoms with Crippen LogP contribution in [-0.4, -0.2) is 81.2 Å². The number of hydrogen-bond acceptors (Lipinski definition) is 9. The molecule has 0 saturated heterocycles. The molecule has 37 heavy (non-hydrogen) atoms. The van der Waals surface area contributed by atoms with Crippen LogP contribution in [0.15, 0.2) is 17.7 Å². The first kappa shape index (κ1) is 27.3. The van der Waals surface area contributed by atoms with Crippen molar-refractivity contribution in [2.24, 2.45) is 29.4 Å². The number of nitrogens with one attached hydrogen (secondary N) is 1. The Hall–Kier alpha value is -2.79. The molecule has 2 saturated carbocycles. The van der Waals surface area contributed by atoms with Crippen molar-refractivity contribution in [1.29, 1.82) is 0 Å². The molecule has 10 nitrogen and oxygen atoms in total. The van der Waals surface area contributed by atoms with Crippen molar-refractivity contribution >= 4 is 23.2 Å². The van der Waals surface area contributed by atoms with Gasteiger partial charge < -0.3 is 36.4 Å². The quantitative estimate of drug-likeness (QED) is 0.279. The molecule has 1 aromatic rings. The van der Waals surface area contributed by atoms with Gasteiger partial charge >= 0.3 is 0 Å². The highest BCUT2D eigenvalue weighted by molar-refractivity contribution is 6.25. The van der Waals surface area contributed by atoms with Crippen molar-refractivity contribution in [1.82, 2.24) is 10.2 Å². The number of carbonyl (C=O) groups excluding carboxylic acids is 3. The number of carbonyl (C=O) groups is 3. The monoisotopic (exact) mass is 515 g/mol. The highest BCUT2D eigenvalue weighted by atomic mass is 16.3. The van der Waals surface area contributed by atoms with Gasteiger partial charge in [-0.25, -0.2) is 0 Å². The zero-order valence-electron chi connectivity index (χ0n) is 21.7. The van der Waals surface area contributed by atoms with Gasteiger partial charge in [-0.2, -0.15) is 0 Å².